The molecule has 1 aliphatic heterocycles. The Morgan fingerprint density at radius 3 is 2.93 bits per heavy atom. The van der Waals surface area contributed by atoms with Crippen LogP contribution in [0.2, 0.25) is 0 Å². The quantitative estimate of drug-likeness (QED) is 0.690. The minimum absolute atomic E-state index is 0.273. The van der Waals surface area contributed by atoms with Gasteiger partial charge in [0.2, 0.25) is 5.90 Å². The summed E-state index contributed by atoms with van der Waals surface area (Å²) >= 11 is 0. The molecule has 0 radical (unpaired) electrons. The number of methoxy groups -OCH3 is 1. The first-order valence-electron chi connectivity index (χ1n) is 9.17. The summed E-state index contributed by atoms with van der Waals surface area (Å²) in [5.41, 5.74) is 5.18. The average Bonchev–Trinajstić information content (AvgIpc) is 3.38. The van der Waals surface area contributed by atoms with Crippen molar-refractivity contribution >= 4 is 27.7 Å². The van der Waals surface area contributed by atoms with Gasteiger partial charge in [0.25, 0.3) is 0 Å². The molecule has 4 rings (SSSR count). The maximum Gasteiger partial charge on any atom is 0.216 e. The predicted molar refractivity (Wildman–Crippen MR) is 108 cm³/mol. The molecule has 28 heavy (non-hydrogen) atoms. The van der Waals surface area contributed by atoms with Crippen molar-refractivity contribution in [2.75, 3.05) is 20.3 Å². The molecule has 0 amide bonds. The molecule has 1 N–H and O–H groups in total. The van der Waals surface area contributed by atoms with Crippen molar-refractivity contribution in [3.63, 3.8) is 0 Å². The van der Waals surface area contributed by atoms with Crippen molar-refractivity contribution in [1.82, 2.24) is 15.0 Å². The van der Waals surface area contributed by atoms with E-state index >= 15 is 0 Å². The zero-order valence-corrected chi connectivity index (χ0v) is 16.9. The van der Waals surface area contributed by atoms with Gasteiger partial charge >= 0.3 is 0 Å². The number of ether oxygens (including phenoxy) is 2. The summed E-state index contributed by atoms with van der Waals surface area (Å²) < 4.78 is 23.9. The van der Waals surface area contributed by atoms with Crippen LogP contribution in [-0.2, 0) is 27.7 Å². The molecule has 1 atom stereocenters. The lowest BCUT2D eigenvalue weighted by Crippen LogP contribution is -2.06. The van der Waals surface area contributed by atoms with Gasteiger partial charge in [-0.05, 0) is 31.5 Å². The molecule has 1 aromatic carbocycles. The molecule has 0 aliphatic carbocycles. The number of pyridine rings is 1. The zero-order chi connectivity index (χ0) is 19.7. The maximum absolute atomic E-state index is 12.9. The van der Waals surface area contributed by atoms with Crippen molar-refractivity contribution in [2.24, 2.45) is 4.99 Å². The molecule has 3 aromatic rings. The third kappa shape index (κ3) is 3.40. The van der Waals surface area contributed by atoms with Crippen LogP contribution in [0.25, 0.3) is 11.0 Å². The van der Waals surface area contributed by atoms with Crippen LogP contribution < -0.4 is 4.74 Å². The van der Waals surface area contributed by atoms with Crippen molar-refractivity contribution < 1.29 is 13.7 Å². The SMILES string of the molecule is CCc1cnc(CS(=O)c2nc3ccc(C4=NCCO4)cc3[nH]2)c(C)c1OC. The lowest BCUT2D eigenvalue weighted by Gasteiger charge is -2.12. The van der Waals surface area contributed by atoms with Crippen LogP contribution in [0.4, 0.5) is 0 Å². The smallest absolute Gasteiger partial charge is 0.216 e. The molecular formula is C20H22N4O3S. The number of H-pyrrole nitrogens is 1. The van der Waals surface area contributed by atoms with E-state index in [-0.39, 0.29) is 5.75 Å². The summed E-state index contributed by atoms with van der Waals surface area (Å²) in [6, 6.07) is 5.73. The third-order valence-corrected chi connectivity index (χ3v) is 5.96. The Kier molecular flexibility index (Phi) is 5.13. The number of hydrogen-bond donors (Lipinski definition) is 1. The topological polar surface area (TPSA) is 89.5 Å². The van der Waals surface area contributed by atoms with Gasteiger partial charge in [-0.15, -0.1) is 0 Å². The molecule has 1 unspecified atom stereocenters. The highest BCUT2D eigenvalue weighted by Crippen LogP contribution is 2.27. The highest BCUT2D eigenvalue weighted by Gasteiger charge is 2.18. The van der Waals surface area contributed by atoms with Crippen LogP contribution in [-0.4, -0.2) is 45.3 Å². The van der Waals surface area contributed by atoms with Crippen molar-refractivity contribution in [2.45, 2.75) is 31.2 Å². The second-order valence-corrected chi connectivity index (χ2v) is 7.91. The number of hydrogen-bond acceptors (Lipinski definition) is 6. The Morgan fingerprint density at radius 1 is 1.36 bits per heavy atom. The summed E-state index contributed by atoms with van der Waals surface area (Å²) in [7, 11) is 0.299. The second kappa shape index (κ2) is 7.71. The monoisotopic (exact) mass is 398 g/mol. The van der Waals surface area contributed by atoms with E-state index in [1.165, 1.54) is 0 Å². The minimum Gasteiger partial charge on any atom is -0.496 e. The number of nitrogens with zero attached hydrogens (tertiary/aromatic N) is 3. The van der Waals surface area contributed by atoms with Crippen molar-refractivity contribution in [1.29, 1.82) is 0 Å². The zero-order valence-electron chi connectivity index (χ0n) is 16.1. The molecule has 8 heteroatoms. The van der Waals surface area contributed by atoms with E-state index in [4.69, 9.17) is 9.47 Å². The molecule has 3 heterocycles. The highest BCUT2D eigenvalue weighted by molar-refractivity contribution is 7.84. The summed E-state index contributed by atoms with van der Waals surface area (Å²) in [5.74, 6) is 1.73. The van der Waals surface area contributed by atoms with Crippen molar-refractivity contribution in [3.05, 3.63) is 46.8 Å². The summed E-state index contributed by atoms with van der Waals surface area (Å²) in [4.78, 5) is 16.5. The summed E-state index contributed by atoms with van der Waals surface area (Å²) in [6.45, 7) is 5.29. The Labute approximate surface area is 165 Å². The van der Waals surface area contributed by atoms with Gasteiger partial charge in [0.15, 0.2) is 5.16 Å². The Hall–Kier alpha value is -2.74. The first-order valence-corrected chi connectivity index (χ1v) is 10.5. The van der Waals surface area contributed by atoms with Crippen LogP contribution in [0.1, 0.15) is 29.3 Å². The fourth-order valence-corrected chi connectivity index (χ4v) is 4.39. The molecule has 146 valence electrons. The lowest BCUT2D eigenvalue weighted by molar-refractivity contribution is 0.348. The van der Waals surface area contributed by atoms with E-state index in [1.807, 2.05) is 25.1 Å². The molecule has 0 bridgehead atoms. The molecular weight excluding hydrogens is 376 g/mol. The fraction of sp³-hybridized carbons (Fsp3) is 0.350. The van der Waals surface area contributed by atoms with E-state index in [1.54, 1.807) is 13.3 Å². The first-order chi connectivity index (χ1) is 13.6. The number of aliphatic imine (C=N–C) groups is 1. The molecule has 2 aromatic heterocycles. The largest absolute Gasteiger partial charge is 0.496 e. The van der Waals surface area contributed by atoms with E-state index in [9.17, 15) is 4.21 Å². The van der Waals surface area contributed by atoms with Crippen LogP contribution in [0.3, 0.4) is 0 Å². The Morgan fingerprint density at radius 2 is 2.21 bits per heavy atom. The maximum atomic E-state index is 12.9. The van der Waals surface area contributed by atoms with Gasteiger partial charge in [0.1, 0.15) is 12.4 Å². The average molecular weight is 398 g/mol. The number of aromatic amines is 1. The standard InChI is InChI=1S/C20H22N4O3S/c1-4-13-10-22-17(12(2)18(13)26-3)11-28(25)20-23-15-6-5-14(9-16(15)24-20)19-21-7-8-27-19/h5-6,9-10H,4,7-8,11H2,1-3H3,(H,23,24). The fourth-order valence-electron chi connectivity index (χ4n) is 3.29. The van der Waals surface area contributed by atoms with Gasteiger partial charge in [0.05, 0.1) is 46.9 Å². The van der Waals surface area contributed by atoms with Crippen LogP contribution in [0.15, 0.2) is 34.5 Å². The van der Waals surface area contributed by atoms with Crippen LogP contribution in [0, 0.1) is 6.92 Å². The van der Waals surface area contributed by atoms with Gasteiger partial charge in [-0.25, -0.2) is 9.98 Å². The van der Waals surface area contributed by atoms with E-state index < -0.39 is 10.8 Å². The number of benzene rings is 1. The first kappa shape index (κ1) is 18.6. The normalized spacial score (nSPS) is 14.8. The summed E-state index contributed by atoms with van der Waals surface area (Å²) in [5, 5.41) is 0.432. The lowest BCUT2D eigenvalue weighted by atomic mass is 10.1. The number of fused-ring (bicyclic) bond motifs is 1. The van der Waals surface area contributed by atoms with E-state index in [2.05, 4.69) is 26.9 Å². The number of aryl methyl sites for hydroxylation is 1. The van der Waals surface area contributed by atoms with Gasteiger partial charge < -0.3 is 14.5 Å². The van der Waals surface area contributed by atoms with Gasteiger partial charge in [-0.3, -0.25) is 9.19 Å². The van der Waals surface area contributed by atoms with Gasteiger partial charge in [-0.2, -0.15) is 0 Å². The van der Waals surface area contributed by atoms with Crippen molar-refractivity contribution in [3.8, 4) is 5.75 Å². The van der Waals surface area contributed by atoms with Gasteiger partial charge in [0, 0.05) is 22.9 Å². The van der Waals surface area contributed by atoms with Crippen LogP contribution >= 0.6 is 0 Å². The molecule has 0 spiro atoms. The molecule has 7 nitrogen and oxygen atoms in total. The minimum atomic E-state index is -1.35. The second-order valence-electron chi connectivity index (χ2n) is 6.54. The van der Waals surface area contributed by atoms with E-state index in [0.717, 1.165) is 45.6 Å². The molecule has 1 aliphatic rings. The van der Waals surface area contributed by atoms with Crippen LogP contribution in [0.5, 0.6) is 5.75 Å². The Balaban J connectivity index is 1.61. The number of aromatic nitrogens is 3. The predicted octanol–water partition coefficient (Wildman–Crippen LogP) is 2.92. The highest BCUT2D eigenvalue weighted by atomic mass is 32.2. The van der Waals surface area contributed by atoms with Gasteiger partial charge in [-0.1, -0.05) is 6.92 Å². The van der Waals surface area contributed by atoms with E-state index in [0.29, 0.717) is 24.2 Å². The number of rotatable bonds is 6. The molecule has 0 saturated heterocycles. The third-order valence-electron chi connectivity index (χ3n) is 4.80. The Bertz CT molecular complexity index is 1090. The molecule has 0 fully saturated rings. The number of nitrogens with one attached hydrogen (secondary N) is 1. The number of imidazole rings is 1. The molecule has 0 saturated carbocycles. The summed E-state index contributed by atoms with van der Waals surface area (Å²) in [6.07, 6.45) is 2.63.